The Hall–Kier alpha value is -3.30. The molecule has 8 nitrogen and oxygen atoms in total. The van der Waals surface area contributed by atoms with E-state index in [4.69, 9.17) is 5.73 Å². The fourth-order valence-corrected chi connectivity index (χ4v) is 3.98. The number of carbonyl (C=O) groups is 1. The molecule has 4 aromatic rings. The molecule has 0 bridgehead atoms. The van der Waals surface area contributed by atoms with Crippen LogP contribution < -0.4 is 11.1 Å². The second-order valence-electron chi connectivity index (χ2n) is 8.72. The lowest BCUT2D eigenvalue weighted by molar-refractivity contribution is 0.102. The Morgan fingerprint density at radius 1 is 1.15 bits per heavy atom. The van der Waals surface area contributed by atoms with Crippen molar-refractivity contribution in [2.45, 2.75) is 33.2 Å². The zero-order chi connectivity index (χ0) is 23.9. The molecule has 3 N–H and O–H groups in total. The standard InChI is InChI=1S/C24H26BrN7O/c1-14-6-7-19(28-23(33)16-8-17(24(3,4)26)10-18(25)9-16)11-22(14)32-13-21(29-30-32)20-12-27-31(5)15(20)2/h6-13H,26H2,1-5H3,(H,28,33). The molecule has 0 fully saturated rings. The second-order valence-corrected chi connectivity index (χ2v) is 9.64. The molecule has 0 aliphatic carbocycles. The molecule has 1 amide bonds. The maximum Gasteiger partial charge on any atom is 0.255 e. The minimum absolute atomic E-state index is 0.220. The highest BCUT2D eigenvalue weighted by molar-refractivity contribution is 9.10. The first-order valence-electron chi connectivity index (χ1n) is 10.5. The highest BCUT2D eigenvalue weighted by Gasteiger charge is 2.18. The van der Waals surface area contributed by atoms with Crippen LogP contribution in [0.15, 0.2) is 53.3 Å². The number of anilines is 1. The molecule has 2 aromatic carbocycles. The van der Waals surface area contributed by atoms with Gasteiger partial charge >= 0.3 is 0 Å². The van der Waals surface area contributed by atoms with Gasteiger partial charge in [0.25, 0.3) is 5.91 Å². The van der Waals surface area contributed by atoms with Crippen LogP contribution in [0.3, 0.4) is 0 Å². The maximum atomic E-state index is 13.0. The van der Waals surface area contributed by atoms with Gasteiger partial charge in [0.15, 0.2) is 0 Å². The minimum Gasteiger partial charge on any atom is -0.322 e. The lowest BCUT2D eigenvalue weighted by Gasteiger charge is -2.20. The molecular weight excluding hydrogens is 482 g/mol. The van der Waals surface area contributed by atoms with Crippen molar-refractivity contribution in [1.82, 2.24) is 24.8 Å². The van der Waals surface area contributed by atoms with E-state index in [1.54, 1.807) is 21.6 Å². The van der Waals surface area contributed by atoms with E-state index in [9.17, 15) is 4.79 Å². The fourth-order valence-electron chi connectivity index (χ4n) is 3.49. The van der Waals surface area contributed by atoms with Crippen LogP contribution in [-0.2, 0) is 12.6 Å². The molecule has 0 unspecified atom stereocenters. The van der Waals surface area contributed by atoms with Crippen molar-refractivity contribution in [1.29, 1.82) is 0 Å². The molecule has 170 valence electrons. The predicted molar refractivity (Wildman–Crippen MR) is 132 cm³/mol. The number of rotatable bonds is 5. The van der Waals surface area contributed by atoms with Gasteiger partial charge in [0.1, 0.15) is 5.69 Å². The summed E-state index contributed by atoms with van der Waals surface area (Å²) in [6, 6.07) is 11.2. The number of benzene rings is 2. The van der Waals surface area contributed by atoms with Crippen molar-refractivity contribution >= 4 is 27.5 Å². The van der Waals surface area contributed by atoms with Crippen LogP contribution in [0.25, 0.3) is 16.9 Å². The number of hydrogen-bond acceptors (Lipinski definition) is 5. The van der Waals surface area contributed by atoms with Crippen molar-refractivity contribution in [3.8, 4) is 16.9 Å². The van der Waals surface area contributed by atoms with Gasteiger partial charge in [-0.3, -0.25) is 9.48 Å². The summed E-state index contributed by atoms with van der Waals surface area (Å²) in [6.07, 6.45) is 3.64. The van der Waals surface area contributed by atoms with E-state index in [0.717, 1.165) is 38.2 Å². The Bertz CT molecular complexity index is 1350. The number of carbonyl (C=O) groups excluding carboxylic acids is 1. The lowest BCUT2D eigenvalue weighted by Crippen LogP contribution is -2.29. The number of amides is 1. The molecule has 0 saturated carbocycles. The molecule has 9 heteroatoms. The summed E-state index contributed by atoms with van der Waals surface area (Å²) in [6.45, 7) is 7.79. The highest BCUT2D eigenvalue weighted by Crippen LogP contribution is 2.26. The normalized spacial score (nSPS) is 11.6. The summed E-state index contributed by atoms with van der Waals surface area (Å²) in [5.74, 6) is -0.220. The third-order valence-corrected chi connectivity index (χ3v) is 6.08. The van der Waals surface area contributed by atoms with Gasteiger partial charge in [-0.25, -0.2) is 4.68 Å². The summed E-state index contributed by atoms with van der Waals surface area (Å²) >= 11 is 3.48. The third-order valence-electron chi connectivity index (χ3n) is 5.62. The van der Waals surface area contributed by atoms with E-state index in [2.05, 4.69) is 36.7 Å². The SMILES string of the molecule is Cc1ccc(NC(=O)c2cc(Br)cc(C(C)(C)N)c2)cc1-n1cc(-c2cnn(C)c2C)nn1. The Morgan fingerprint density at radius 3 is 2.58 bits per heavy atom. The number of nitrogens with zero attached hydrogens (tertiary/aromatic N) is 5. The average molecular weight is 508 g/mol. The Morgan fingerprint density at radius 2 is 1.91 bits per heavy atom. The number of halogens is 1. The molecule has 0 saturated heterocycles. The van der Waals surface area contributed by atoms with Crippen LogP contribution in [0.4, 0.5) is 5.69 Å². The van der Waals surface area contributed by atoms with Gasteiger partial charge in [-0.2, -0.15) is 5.10 Å². The van der Waals surface area contributed by atoms with Crippen molar-refractivity contribution in [3.05, 3.63) is 75.6 Å². The topological polar surface area (TPSA) is 104 Å². The fraction of sp³-hybridized carbons (Fsp3) is 0.250. The predicted octanol–water partition coefficient (Wildman–Crippen LogP) is 4.49. The second kappa shape index (κ2) is 8.57. The van der Waals surface area contributed by atoms with Gasteiger partial charge < -0.3 is 11.1 Å². The maximum absolute atomic E-state index is 13.0. The smallest absolute Gasteiger partial charge is 0.255 e. The van der Waals surface area contributed by atoms with Crippen molar-refractivity contribution in [2.75, 3.05) is 5.32 Å². The first-order chi connectivity index (χ1) is 15.5. The lowest BCUT2D eigenvalue weighted by atomic mass is 9.94. The monoisotopic (exact) mass is 507 g/mol. The highest BCUT2D eigenvalue weighted by atomic mass is 79.9. The van der Waals surface area contributed by atoms with Crippen LogP contribution in [0.2, 0.25) is 0 Å². The van der Waals surface area contributed by atoms with Gasteiger partial charge in [0.2, 0.25) is 0 Å². The molecule has 2 aromatic heterocycles. The van der Waals surface area contributed by atoms with E-state index in [-0.39, 0.29) is 5.91 Å². The quantitative estimate of drug-likeness (QED) is 0.414. The summed E-state index contributed by atoms with van der Waals surface area (Å²) in [4.78, 5) is 13.0. The van der Waals surface area contributed by atoms with Crippen LogP contribution in [0, 0.1) is 13.8 Å². The number of nitrogens with two attached hydrogens (primary N) is 1. The number of hydrogen-bond donors (Lipinski definition) is 2. The summed E-state index contributed by atoms with van der Waals surface area (Å²) in [7, 11) is 1.89. The van der Waals surface area contributed by atoms with Crippen LogP contribution in [0.5, 0.6) is 0 Å². The van der Waals surface area contributed by atoms with E-state index in [0.29, 0.717) is 11.3 Å². The Kier molecular flexibility index (Phi) is 5.94. The Balaban J connectivity index is 1.62. The van der Waals surface area contributed by atoms with Crippen LogP contribution in [-0.4, -0.2) is 30.7 Å². The molecule has 0 aliphatic heterocycles. The van der Waals surface area contributed by atoms with Crippen molar-refractivity contribution in [2.24, 2.45) is 12.8 Å². The number of aromatic nitrogens is 5. The largest absolute Gasteiger partial charge is 0.322 e. The third kappa shape index (κ3) is 4.74. The van der Waals surface area contributed by atoms with Gasteiger partial charge in [-0.05, 0) is 69.2 Å². The van der Waals surface area contributed by atoms with Crippen molar-refractivity contribution < 1.29 is 4.79 Å². The molecule has 0 radical (unpaired) electrons. The van der Waals surface area contributed by atoms with Gasteiger partial charge in [0.05, 0.1) is 18.1 Å². The first-order valence-corrected chi connectivity index (χ1v) is 11.3. The molecular formula is C24H26BrN7O. The van der Waals surface area contributed by atoms with E-state index >= 15 is 0 Å². The molecule has 2 heterocycles. The molecule has 4 rings (SSSR count). The number of nitrogens with one attached hydrogen (secondary N) is 1. The van der Waals surface area contributed by atoms with Crippen molar-refractivity contribution in [3.63, 3.8) is 0 Å². The zero-order valence-electron chi connectivity index (χ0n) is 19.2. The molecule has 0 atom stereocenters. The van der Waals surface area contributed by atoms with Gasteiger partial charge in [-0.15, -0.1) is 5.10 Å². The van der Waals surface area contributed by atoms with Gasteiger partial charge in [0, 0.05) is 39.6 Å². The van der Waals surface area contributed by atoms with E-state index in [1.807, 2.05) is 71.3 Å². The van der Waals surface area contributed by atoms with E-state index in [1.165, 1.54) is 0 Å². The zero-order valence-corrected chi connectivity index (χ0v) is 20.8. The first kappa shape index (κ1) is 22.9. The van der Waals surface area contributed by atoms with E-state index < -0.39 is 5.54 Å². The summed E-state index contributed by atoms with van der Waals surface area (Å²) in [5, 5.41) is 15.9. The molecule has 0 aliphatic rings. The average Bonchev–Trinajstić information content (AvgIpc) is 3.35. The van der Waals surface area contributed by atoms with Crippen LogP contribution >= 0.6 is 15.9 Å². The molecule has 0 spiro atoms. The van der Waals surface area contributed by atoms with Crippen LogP contribution in [0.1, 0.15) is 41.0 Å². The summed E-state index contributed by atoms with van der Waals surface area (Å²) in [5.41, 5.74) is 12.2. The minimum atomic E-state index is -0.562. The number of aryl methyl sites for hydroxylation is 2. The van der Waals surface area contributed by atoms with Gasteiger partial charge in [-0.1, -0.05) is 27.2 Å². The Labute approximate surface area is 200 Å². The summed E-state index contributed by atoms with van der Waals surface area (Å²) < 4.78 is 4.31. The molecule has 33 heavy (non-hydrogen) atoms.